The van der Waals surface area contributed by atoms with Gasteiger partial charge in [0.15, 0.2) is 0 Å². The van der Waals surface area contributed by atoms with E-state index in [4.69, 9.17) is 11.6 Å². The quantitative estimate of drug-likeness (QED) is 0.510. The molecule has 0 aliphatic carbocycles. The van der Waals surface area contributed by atoms with Gasteiger partial charge in [-0.2, -0.15) is 11.8 Å². The van der Waals surface area contributed by atoms with E-state index in [2.05, 4.69) is 23.2 Å². The van der Waals surface area contributed by atoms with Crippen LogP contribution >= 0.6 is 23.4 Å². The smallest absolute Gasteiger partial charge is 0.0443 e. The van der Waals surface area contributed by atoms with Gasteiger partial charge in [-0.15, -0.1) is 11.6 Å². The Labute approximate surface area is 83.1 Å². The van der Waals surface area contributed by atoms with E-state index in [0.717, 1.165) is 23.4 Å². The molecule has 2 heterocycles. The first kappa shape index (κ1) is 8.92. The minimum absolute atomic E-state index is 0.612. The van der Waals surface area contributed by atoms with Gasteiger partial charge in [0.25, 0.3) is 0 Å². The molecule has 0 radical (unpaired) electrons. The molecule has 2 bridgehead atoms. The number of hydrogen-bond donors (Lipinski definition) is 0. The van der Waals surface area contributed by atoms with Crippen molar-refractivity contribution in [3.63, 3.8) is 0 Å². The number of thioether (sulfide) groups is 1. The molecule has 2 atom stereocenters. The SMILES string of the molecule is C=C(CCl)CN1CC2CC1CS2. The summed E-state index contributed by atoms with van der Waals surface area (Å²) in [6, 6.07) is 0.819. The summed E-state index contributed by atoms with van der Waals surface area (Å²) in [5, 5.41) is 0.901. The van der Waals surface area contributed by atoms with Crippen LogP contribution in [-0.4, -0.2) is 40.9 Å². The van der Waals surface area contributed by atoms with Gasteiger partial charge in [-0.3, -0.25) is 4.90 Å². The average molecular weight is 204 g/mol. The van der Waals surface area contributed by atoms with Crippen LogP contribution in [0.2, 0.25) is 0 Å². The van der Waals surface area contributed by atoms with Crippen molar-refractivity contribution in [2.75, 3.05) is 24.7 Å². The zero-order valence-electron chi connectivity index (χ0n) is 7.13. The Bertz CT molecular complexity index is 195. The Hall–Kier alpha value is 0.340. The van der Waals surface area contributed by atoms with Crippen molar-refractivity contribution < 1.29 is 0 Å². The van der Waals surface area contributed by atoms with E-state index in [1.807, 2.05) is 0 Å². The minimum Gasteiger partial charge on any atom is -0.294 e. The van der Waals surface area contributed by atoms with E-state index >= 15 is 0 Å². The van der Waals surface area contributed by atoms with E-state index in [1.165, 1.54) is 18.7 Å². The number of rotatable bonds is 3. The summed E-state index contributed by atoms with van der Waals surface area (Å²) >= 11 is 7.83. The molecule has 0 aromatic heterocycles. The second-order valence-electron chi connectivity index (χ2n) is 3.66. The summed E-state index contributed by atoms with van der Waals surface area (Å²) in [4.78, 5) is 2.53. The molecule has 2 rings (SSSR count). The third-order valence-corrected chi connectivity index (χ3v) is 4.40. The molecule has 0 N–H and O–H groups in total. The van der Waals surface area contributed by atoms with Crippen LogP contribution in [0.4, 0.5) is 0 Å². The highest BCUT2D eigenvalue weighted by molar-refractivity contribution is 8.00. The maximum atomic E-state index is 5.70. The van der Waals surface area contributed by atoms with Crippen molar-refractivity contribution in [1.82, 2.24) is 4.90 Å². The standard InChI is InChI=1S/C9H14ClNS/c1-7(3-10)4-11-5-9-2-8(11)6-12-9/h8-9H,1-6H2. The van der Waals surface area contributed by atoms with Gasteiger partial charge in [-0.25, -0.2) is 0 Å². The average Bonchev–Trinajstić information content (AvgIpc) is 2.64. The lowest BCUT2D eigenvalue weighted by Crippen LogP contribution is -2.35. The largest absolute Gasteiger partial charge is 0.294 e. The lowest BCUT2D eigenvalue weighted by molar-refractivity contribution is 0.293. The van der Waals surface area contributed by atoms with Crippen molar-refractivity contribution in [3.05, 3.63) is 12.2 Å². The Kier molecular flexibility index (Phi) is 2.68. The molecule has 68 valence electrons. The highest BCUT2D eigenvalue weighted by Crippen LogP contribution is 2.37. The van der Waals surface area contributed by atoms with Crippen molar-refractivity contribution in [2.45, 2.75) is 17.7 Å². The molecule has 2 aliphatic rings. The van der Waals surface area contributed by atoms with Gasteiger partial charge in [-0.05, 0) is 12.0 Å². The molecule has 12 heavy (non-hydrogen) atoms. The van der Waals surface area contributed by atoms with Gasteiger partial charge in [0, 0.05) is 36.0 Å². The molecule has 1 nitrogen and oxygen atoms in total. The fourth-order valence-electron chi connectivity index (χ4n) is 2.00. The minimum atomic E-state index is 0.612. The zero-order chi connectivity index (χ0) is 8.55. The maximum absolute atomic E-state index is 5.70. The molecule has 2 unspecified atom stereocenters. The molecule has 0 aromatic rings. The fraction of sp³-hybridized carbons (Fsp3) is 0.778. The molecule has 2 fully saturated rings. The number of fused-ring (bicyclic) bond motifs is 2. The van der Waals surface area contributed by atoms with Gasteiger partial charge in [0.2, 0.25) is 0 Å². The first-order valence-electron chi connectivity index (χ1n) is 4.38. The second kappa shape index (κ2) is 3.60. The van der Waals surface area contributed by atoms with Gasteiger partial charge >= 0.3 is 0 Å². The summed E-state index contributed by atoms with van der Waals surface area (Å²) in [5.41, 5.74) is 1.16. The van der Waals surface area contributed by atoms with E-state index < -0.39 is 0 Å². The van der Waals surface area contributed by atoms with Crippen molar-refractivity contribution in [1.29, 1.82) is 0 Å². The number of alkyl halides is 1. The molecule has 3 heteroatoms. The van der Waals surface area contributed by atoms with Crippen LogP contribution in [0, 0.1) is 0 Å². The van der Waals surface area contributed by atoms with Gasteiger partial charge < -0.3 is 0 Å². The monoisotopic (exact) mass is 203 g/mol. The summed E-state index contributed by atoms with van der Waals surface area (Å²) in [7, 11) is 0. The van der Waals surface area contributed by atoms with Crippen LogP contribution in [-0.2, 0) is 0 Å². The van der Waals surface area contributed by atoms with Crippen molar-refractivity contribution in [3.8, 4) is 0 Å². The van der Waals surface area contributed by atoms with Crippen LogP contribution in [0.25, 0.3) is 0 Å². The normalized spacial score (nSPS) is 34.4. The summed E-state index contributed by atoms with van der Waals surface area (Å²) < 4.78 is 0. The summed E-state index contributed by atoms with van der Waals surface area (Å²) in [5.74, 6) is 1.93. The lowest BCUT2D eigenvalue weighted by atomic mass is 10.2. The predicted molar refractivity (Wildman–Crippen MR) is 56.1 cm³/mol. The van der Waals surface area contributed by atoms with Crippen molar-refractivity contribution >= 4 is 23.4 Å². The molecule has 2 saturated heterocycles. The van der Waals surface area contributed by atoms with Gasteiger partial charge in [-0.1, -0.05) is 6.58 Å². The molecule has 0 aromatic carbocycles. The summed E-state index contributed by atoms with van der Waals surface area (Å²) in [6.45, 7) is 6.21. The number of nitrogens with zero attached hydrogens (tertiary/aromatic N) is 1. The highest BCUT2D eigenvalue weighted by Gasteiger charge is 2.38. The van der Waals surface area contributed by atoms with Crippen LogP contribution < -0.4 is 0 Å². The van der Waals surface area contributed by atoms with Gasteiger partial charge in [0.05, 0.1) is 0 Å². The van der Waals surface area contributed by atoms with Crippen LogP contribution in [0.5, 0.6) is 0 Å². The molecular weight excluding hydrogens is 190 g/mol. The molecular formula is C9H14ClNS. The highest BCUT2D eigenvalue weighted by atomic mass is 35.5. The Balaban J connectivity index is 1.86. The van der Waals surface area contributed by atoms with E-state index in [1.54, 1.807) is 0 Å². The Morgan fingerprint density at radius 1 is 1.67 bits per heavy atom. The van der Waals surface area contributed by atoms with Crippen LogP contribution in [0.1, 0.15) is 6.42 Å². The molecule has 0 amide bonds. The van der Waals surface area contributed by atoms with E-state index in [0.29, 0.717) is 5.88 Å². The molecule has 0 saturated carbocycles. The third kappa shape index (κ3) is 1.66. The topological polar surface area (TPSA) is 3.24 Å². The fourth-order valence-corrected chi connectivity index (χ4v) is 3.58. The lowest BCUT2D eigenvalue weighted by Gasteiger charge is -2.26. The summed E-state index contributed by atoms with van der Waals surface area (Å²) in [6.07, 6.45) is 1.39. The Morgan fingerprint density at radius 2 is 2.50 bits per heavy atom. The van der Waals surface area contributed by atoms with Gasteiger partial charge in [0.1, 0.15) is 0 Å². The van der Waals surface area contributed by atoms with E-state index in [9.17, 15) is 0 Å². The predicted octanol–water partition coefficient (Wildman–Crippen LogP) is 1.97. The van der Waals surface area contributed by atoms with E-state index in [-0.39, 0.29) is 0 Å². The van der Waals surface area contributed by atoms with Crippen LogP contribution in [0.15, 0.2) is 12.2 Å². The maximum Gasteiger partial charge on any atom is 0.0443 e. The Morgan fingerprint density at radius 3 is 3.00 bits per heavy atom. The third-order valence-electron chi connectivity index (χ3n) is 2.63. The zero-order valence-corrected chi connectivity index (χ0v) is 8.70. The first-order valence-corrected chi connectivity index (χ1v) is 5.96. The number of hydrogen-bond acceptors (Lipinski definition) is 2. The molecule has 0 spiro atoms. The first-order chi connectivity index (χ1) is 5.79. The van der Waals surface area contributed by atoms with Crippen LogP contribution in [0.3, 0.4) is 0 Å². The number of halogens is 1. The van der Waals surface area contributed by atoms with Crippen molar-refractivity contribution in [2.24, 2.45) is 0 Å². The second-order valence-corrected chi connectivity index (χ2v) is 5.26. The molecule has 2 aliphatic heterocycles. The number of likely N-dealkylation sites (tertiary alicyclic amines) is 1.